The predicted molar refractivity (Wildman–Crippen MR) is 281 cm³/mol. The summed E-state index contributed by atoms with van der Waals surface area (Å²) in [5.41, 5.74) is 1.60. The molecule has 19 nitrogen and oxygen atoms in total. The van der Waals surface area contributed by atoms with Crippen LogP contribution in [-0.2, 0) is 58.4 Å². The summed E-state index contributed by atoms with van der Waals surface area (Å²) in [4.78, 5) is 28.3. The Labute approximate surface area is 431 Å². The molecule has 1 aliphatic heterocycles. The highest BCUT2D eigenvalue weighted by molar-refractivity contribution is 7.92. The number of sulfonamides is 2. The van der Waals surface area contributed by atoms with Crippen LogP contribution in [0.25, 0.3) is 11.4 Å². The first-order chi connectivity index (χ1) is 34.4. The zero-order valence-electron chi connectivity index (χ0n) is 43.6. The number of anilines is 1. The number of methoxy groups -OCH3 is 1. The Bertz CT molecular complexity index is 2810. The molecular formula is C51H71N9O10S2Si. The summed E-state index contributed by atoms with van der Waals surface area (Å²) in [6.07, 6.45) is -1.61. The van der Waals surface area contributed by atoms with Crippen LogP contribution in [0.4, 0.5) is 10.5 Å². The molecule has 1 amide bonds. The quantitative estimate of drug-likeness (QED) is 0.0547. The SMILES string of the molecule is CCOC(=O)CN1CCN(c2ccc(S(=O)(=O)NCC(CNC(=O)OC(C)(C)C)O[Si](C)(C)C(C)(C)C)c(S(=O)(=O)N(Cc3ccccc3)Cc3ccccc3)c2-c2nnnn2Cc2ccc(OC)cc2)CC1. The molecule has 0 spiro atoms. The van der Waals surface area contributed by atoms with Gasteiger partial charge in [0.05, 0.1) is 38.5 Å². The van der Waals surface area contributed by atoms with Crippen molar-refractivity contribution in [2.45, 2.75) is 108 Å². The molecule has 0 aliphatic carbocycles. The largest absolute Gasteiger partial charge is 0.497 e. The zero-order valence-corrected chi connectivity index (χ0v) is 46.3. The van der Waals surface area contributed by atoms with E-state index in [-0.39, 0.29) is 68.3 Å². The van der Waals surface area contributed by atoms with Gasteiger partial charge in [-0.2, -0.15) is 4.31 Å². The van der Waals surface area contributed by atoms with E-state index in [2.05, 4.69) is 25.6 Å². The number of amides is 1. The molecule has 2 N–H and O–H groups in total. The minimum Gasteiger partial charge on any atom is -0.497 e. The molecule has 0 bridgehead atoms. The molecule has 1 aromatic heterocycles. The number of hydrogen-bond donors (Lipinski definition) is 2. The van der Waals surface area contributed by atoms with E-state index < -0.39 is 56.0 Å². The molecule has 1 unspecified atom stereocenters. The molecule has 5 aromatic rings. The van der Waals surface area contributed by atoms with E-state index in [1.807, 2.05) is 116 Å². The van der Waals surface area contributed by atoms with Gasteiger partial charge in [0.25, 0.3) is 0 Å². The predicted octanol–water partition coefficient (Wildman–Crippen LogP) is 6.67. The lowest BCUT2D eigenvalue weighted by Gasteiger charge is -2.39. The molecule has 2 heterocycles. The van der Waals surface area contributed by atoms with Gasteiger partial charge in [0, 0.05) is 58.0 Å². The number of esters is 1. The average Bonchev–Trinajstić information content (AvgIpc) is 3.79. The highest BCUT2D eigenvalue weighted by Gasteiger charge is 2.42. The van der Waals surface area contributed by atoms with E-state index in [0.29, 0.717) is 48.7 Å². The van der Waals surface area contributed by atoms with Crippen molar-refractivity contribution in [1.29, 1.82) is 0 Å². The maximum absolute atomic E-state index is 16.2. The third-order valence-electron chi connectivity index (χ3n) is 12.6. The third-order valence-corrected chi connectivity index (χ3v) is 20.7. The molecule has 396 valence electrons. The summed E-state index contributed by atoms with van der Waals surface area (Å²) in [5.74, 6) is 0.258. The van der Waals surface area contributed by atoms with E-state index in [4.69, 9.17) is 18.6 Å². The smallest absolute Gasteiger partial charge is 0.407 e. The van der Waals surface area contributed by atoms with E-state index in [1.54, 1.807) is 53.0 Å². The van der Waals surface area contributed by atoms with Gasteiger partial charge in [0.15, 0.2) is 14.1 Å². The van der Waals surface area contributed by atoms with Gasteiger partial charge in [-0.1, -0.05) is 93.6 Å². The fourth-order valence-electron chi connectivity index (χ4n) is 7.90. The van der Waals surface area contributed by atoms with Crippen molar-refractivity contribution in [2.75, 3.05) is 64.4 Å². The number of piperazine rings is 1. The average molecular weight is 1060 g/mol. The molecule has 4 aromatic carbocycles. The van der Waals surface area contributed by atoms with Gasteiger partial charge in [-0.3, -0.25) is 9.69 Å². The molecule has 73 heavy (non-hydrogen) atoms. The maximum atomic E-state index is 16.2. The van der Waals surface area contributed by atoms with E-state index in [9.17, 15) is 9.59 Å². The first kappa shape index (κ1) is 56.5. The molecule has 6 rings (SSSR count). The fourth-order valence-corrected chi connectivity index (χ4v) is 12.7. The van der Waals surface area contributed by atoms with Crippen LogP contribution < -0.4 is 19.7 Å². The van der Waals surface area contributed by atoms with Crippen molar-refractivity contribution in [3.8, 4) is 17.1 Å². The summed E-state index contributed by atoms with van der Waals surface area (Å²) >= 11 is 0. The van der Waals surface area contributed by atoms with E-state index >= 15 is 16.8 Å². The first-order valence-electron chi connectivity index (χ1n) is 24.3. The fraction of sp³-hybridized carbons (Fsp3) is 0.471. The van der Waals surface area contributed by atoms with Crippen LogP contribution in [0.2, 0.25) is 18.1 Å². The number of ether oxygens (including phenoxy) is 3. The lowest BCUT2D eigenvalue weighted by molar-refractivity contribution is -0.144. The van der Waals surface area contributed by atoms with Crippen molar-refractivity contribution in [1.82, 2.24) is 39.5 Å². The van der Waals surface area contributed by atoms with Crippen LogP contribution in [0.5, 0.6) is 5.75 Å². The Balaban J connectivity index is 1.56. The highest BCUT2D eigenvalue weighted by atomic mass is 32.2. The Hall–Kier alpha value is -5.75. The molecule has 0 radical (unpaired) electrons. The number of nitrogens with one attached hydrogen (secondary N) is 2. The second-order valence-electron chi connectivity index (χ2n) is 20.3. The lowest BCUT2D eigenvalue weighted by Crippen LogP contribution is -2.51. The lowest BCUT2D eigenvalue weighted by atomic mass is 10.1. The number of carbonyl (C=O) groups excluding carboxylic acids is 2. The number of hydrogen-bond acceptors (Lipinski definition) is 15. The maximum Gasteiger partial charge on any atom is 0.407 e. The van der Waals surface area contributed by atoms with Gasteiger partial charge in [-0.15, -0.1) is 5.10 Å². The van der Waals surface area contributed by atoms with Gasteiger partial charge >= 0.3 is 12.1 Å². The number of alkyl carbamates (subject to hydrolysis) is 1. The number of carbonyl (C=O) groups is 2. The van der Waals surface area contributed by atoms with Gasteiger partial charge in [0.2, 0.25) is 20.0 Å². The number of rotatable bonds is 22. The number of benzene rings is 4. The van der Waals surface area contributed by atoms with Gasteiger partial charge in [-0.25, -0.2) is 31.0 Å². The second-order valence-corrected chi connectivity index (χ2v) is 28.7. The van der Waals surface area contributed by atoms with Crippen LogP contribution in [-0.4, -0.2) is 138 Å². The number of aromatic nitrogens is 4. The van der Waals surface area contributed by atoms with Crippen LogP contribution in [0.15, 0.2) is 107 Å². The monoisotopic (exact) mass is 1060 g/mol. The summed E-state index contributed by atoms with van der Waals surface area (Å²) in [6, 6.07) is 28.3. The third kappa shape index (κ3) is 15.2. The topological polar surface area (TPSA) is 217 Å². The molecule has 1 fully saturated rings. The van der Waals surface area contributed by atoms with Crippen molar-refractivity contribution < 1.29 is 45.1 Å². The number of tetrazole rings is 1. The Morgan fingerprint density at radius 2 is 1.40 bits per heavy atom. The van der Waals surface area contributed by atoms with Crippen molar-refractivity contribution >= 4 is 46.1 Å². The van der Waals surface area contributed by atoms with Crippen molar-refractivity contribution in [2.24, 2.45) is 0 Å². The second kappa shape index (κ2) is 24.1. The number of nitrogens with zero attached hydrogens (tertiary/aromatic N) is 7. The van der Waals surface area contributed by atoms with Crippen LogP contribution in [0.1, 0.15) is 65.2 Å². The summed E-state index contributed by atoms with van der Waals surface area (Å²) < 4.78 is 91.6. The van der Waals surface area contributed by atoms with Gasteiger partial charge < -0.3 is 28.9 Å². The molecular weight excluding hydrogens is 991 g/mol. The highest BCUT2D eigenvalue weighted by Crippen LogP contribution is 2.42. The molecule has 1 atom stereocenters. The van der Waals surface area contributed by atoms with Crippen molar-refractivity contribution in [3.63, 3.8) is 0 Å². The normalized spacial score (nSPS) is 14.5. The van der Waals surface area contributed by atoms with Crippen LogP contribution >= 0.6 is 0 Å². The molecule has 0 saturated carbocycles. The van der Waals surface area contributed by atoms with Crippen molar-refractivity contribution in [3.05, 3.63) is 114 Å². The Kier molecular flexibility index (Phi) is 18.6. The zero-order chi connectivity index (χ0) is 53.2. The molecule has 1 aliphatic rings. The minimum atomic E-state index is -4.89. The molecule has 22 heteroatoms. The van der Waals surface area contributed by atoms with Gasteiger partial charge in [-0.05, 0) is 97.2 Å². The Morgan fingerprint density at radius 3 is 1.95 bits per heavy atom. The summed E-state index contributed by atoms with van der Waals surface area (Å²) in [7, 11) is -10.8. The van der Waals surface area contributed by atoms with Crippen LogP contribution in [0, 0.1) is 0 Å². The van der Waals surface area contributed by atoms with E-state index in [0.717, 1.165) is 5.56 Å². The van der Waals surface area contributed by atoms with Crippen LogP contribution in [0.3, 0.4) is 0 Å². The summed E-state index contributed by atoms with van der Waals surface area (Å²) in [6.45, 7) is 18.2. The Morgan fingerprint density at radius 1 is 0.795 bits per heavy atom. The standard InChI is InChI=1S/C51H71N9O10S2Si/c1-11-68-45(61)37-57-28-30-58(31-29-57)43-26-27-44(71(63,64)53-33-42(70-73(9,10)51(5,6)7)32-52-49(62)69-50(2,3)4)47(46(43)48-54-55-56-60(48)36-40-22-24-41(67-8)25-23-40)72(65,66)59(34-38-18-14-12-15-19-38)35-39-20-16-13-17-21-39/h12-27,42,53H,11,28-37H2,1-10H3,(H,52,62). The minimum absolute atomic E-state index is 0.00420. The van der Waals surface area contributed by atoms with Gasteiger partial charge in [0.1, 0.15) is 21.1 Å². The first-order valence-corrected chi connectivity index (χ1v) is 30.2. The van der Waals surface area contributed by atoms with E-state index in [1.165, 1.54) is 15.1 Å². The summed E-state index contributed by atoms with van der Waals surface area (Å²) in [5, 5.41) is 15.4. The molecule has 1 saturated heterocycles.